The molecule has 4 nitrogen and oxygen atoms in total. The molecule has 0 heterocycles. The van der Waals surface area contributed by atoms with E-state index in [0.717, 1.165) is 55.9 Å². The fraction of sp³-hybridized carbons (Fsp3) is 0.296. The number of aromatic hydroxyl groups is 2. The van der Waals surface area contributed by atoms with Gasteiger partial charge in [0.2, 0.25) is 0 Å². The molecule has 0 aromatic heterocycles. The third-order valence-corrected chi connectivity index (χ3v) is 10.7. The maximum absolute atomic E-state index is 12.1. The first-order valence-electron chi connectivity index (χ1n) is 20.4. The zero-order valence-corrected chi connectivity index (χ0v) is 40.2. The summed E-state index contributed by atoms with van der Waals surface area (Å²) in [6, 6.07) is 45.0. The minimum atomic E-state index is -0.304. The fourth-order valence-electron chi connectivity index (χ4n) is 7.23. The molecule has 0 radical (unpaired) electrons. The zero-order chi connectivity index (χ0) is 42.2. The minimum absolute atomic E-state index is 0. The summed E-state index contributed by atoms with van der Waals surface area (Å²) in [6.07, 6.45) is 0. The average Bonchev–Trinajstić information content (AvgIpc) is 3.15. The van der Waals surface area contributed by atoms with Crippen molar-refractivity contribution in [3.05, 3.63) is 178 Å². The quantitative estimate of drug-likeness (QED) is 0.124. The molecule has 0 aliphatic heterocycles. The number of aliphatic imine (C=N–C) groups is 2. The summed E-state index contributed by atoms with van der Waals surface area (Å²) in [4.78, 5) is 11.0. The second kappa shape index (κ2) is 17.2. The molecule has 6 aromatic rings. The summed E-state index contributed by atoms with van der Waals surface area (Å²) in [7, 11) is 0. The summed E-state index contributed by atoms with van der Waals surface area (Å²) < 4.78 is 0. The van der Waals surface area contributed by atoms with Gasteiger partial charge in [0.1, 0.15) is 11.5 Å². The summed E-state index contributed by atoms with van der Waals surface area (Å²) >= 11 is 0. The first kappa shape index (κ1) is 45.0. The Bertz CT molecular complexity index is 2310. The molecular formula is C54H60N2O2Zn. The van der Waals surface area contributed by atoms with Crippen LogP contribution in [0.4, 0.5) is 11.4 Å². The molecule has 6 aromatic carbocycles. The van der Waals surface area contributed by atoms with Gasteiger partial charge in [0.15, 0.2) is 0 Å². The molecule has 59 heavy (non-hydrogen) atoms. The van der Waals surface area contributed by atoms with Crippen molar-refractivity contribution in [2.45, 2.75) is 105 Å². The van der Waals surface area contributed by atoms with Crippen LogP contribution >= 0.6 is 0 Å². The van der Waals surface area contributed by atoms with Crippen LogP contribution in [0.5, 0.6) is 11.5 Å². The summed E-state index contributed by atoms with van der Waals surface area (Å²) in [6.45, 7) is 26.0. The van der Waals surface area contributed by atoms with Crippen molar-refractivity contribution < 1.29 is 29.7 Å². The van der Waals surface area contributed by atoms with Crippen LogP contribution in [0.1, 0.15) is 128 Å². The van der Waals surface area contributed by atoms with Gasteiger partial charge in [0, 0.05) is 64.0 Å². The van der Waals surface area contributed by atoms with E-state index in [1.165, 1.54) is 0 Å². The van der Waals surface area contributed by atoms with Gasteiger partial charge in [-0.05, 0) is 57.1 Å². The van der Waals surface area contributed by atoms with Crippen molar-refractivity contribution in [3.63, 3.8) is 0 Å². The number of phenolic OH excluding ortho intramolecular Hbond substituents is 2. The minimum Gasteiger partial charge on any atom is -0.507 e. The Morgan fingerprint density at radius 1 is 0.390 bits per heavy atom. The number of benzene rings is 6. The Morgan fingerprint density at radius 2 is 0.695 bits per heavy atom. The van der Waals surface area contributed by atoms with Crippen LogP contribution < -0.4 is 0 Å². The molecule has 0 amide bonds. The number of para-hydroxylation sites is 2. The van der Waals surface area contributed by atoms with E-state index in [4.69, 9.17) is 9.98 Å². The van der Waals surface area contributed by atoms with Gasteiger partial charge < -0.3 is 10.2 Å². The van der Waals surface area contributed by atoms with Crippen molar-refractivity contribution in [2.24, 2.45) is 9.98 Å². The predicted octanol–water partition coefficient (Wildman–Crippen LogP) is 14.3. The van der Waals surface area contributed by atoms with Gasteiger partial charge in [-0.2, -0.15) is 0 Å². The van der Waals surface area contributed by atoms with Crippen LogP contribution in [-0.4, -0.2) is 21.6 Å². The van der Waals surface area contributed by atoms with E-state index in [0.29, 0.717) is 22.6 Å². The topological polar surface area (TPSA) is 65.2 Å². The van der Waals surface area contributed by atoms with Crippen molar-refractivity contribution in [3.8, 4) is 22.6 Å². The number of hydrogen-bond donors (Lipinski definition) is 2. The Hall–Kier alpha value is -5.12. The monoisotopic (exact) mass is 832 g/mol. The summed E-state index contributed by atoms with van der Waals surface area (Å²) in [5.74, 6) is 0.481. The molecule has 5 heteroatoms. The SMILES string of the molecule is CC(C)(C)c1cc(C(=Nc2ccccc2-c2ccccc2N=C(c2ccccc2)c2cc(C(C)(C)C)cc(C(C)(C)C)c2O)c2ccccc2)c(O)c(C(C)(C)C)c1.[Zn]. The van der Waals surface area contributed by atoms with Crippen molar-refractivity contribution in [1.29, 1.82) is 0 Å². The van der Waals surface area contributed by atoms with Crippen LogP contribution in [0.25, 0.3) is 11.1 Å². The van der Waals surface area contributed by atoms with E-state index in [1.807, 2.05) is 72.8 Å². The van der Waals surface area contributed by atoms with E-state index in [1.54, 1.807) is 0 Å². The molecule has 0 atom stereocenters. The molecule has 0 saturated heterocycles. The molecule has 300 valence electrons. The van der Waals surface area contributed by atoms with Gasteiger partial charge in [0.05, 0.1) is 22.8 Å². The Balaban J connectivity index is 0.00000661. The van der Waals surface area contributed by atoms with E-state index >= 15 is 0 Å². The number of hydrogen-bond acceptors (Lipinski definition) is 4. The van der Waals surface area contributed by atoms with Gasteiger partial charge in [0.25, 0.3) is 0 Å². The number of rotatable bonds is 7. The van der Waals surface area contributed by atoms with Crippen LogP contribution in [-0.2, 0) is 41.1 Å². The van der Waals surface area contributed by atoms with Crippen molar-refractivity contribution in [1.82, 2.24) is 0 Å². The van der Waals surface area contributed by atoms with E-state index in [-0.39, 0.29) is 52.6 Å². The first-order valence-corrected chi connectivity index (χ1v) is 20.4. The molecule has 0 bridgehead atoms. The summed E-state index contributed by atoms with van der Waals surface area (Å²) in [5.41, 5.74) is 10.9. The first-order chi connectivity index (χ1) is 27.1. The zero-order valence-electron chi connectivity index (χ0n) is 37.2. The van der Waals surface area contributed by atoms with Gasteiger partial charge in [-0.3, -0.25) is 0 Å². The molecular weight excluding hydrogens is 774 g/mol. The third kappa shape index (κ3) is 10.0. The molecule has 6 rings (SSSR count). The molecule has 0 saturated carbocycles. The van der Waals surface area contributed by atoms with Crippen LogP contribution in [0, 0.1) is 0 Å². The smallest absolute Gasteiger partial charge is 0.128 e. The van der Waals surface area contributed by atoms with E-state index in [2.05, 4.69) is 144 Å². The van der Waals surface area contributed by atoms with Gasteiger partial charge in [-0.15, -0.1) is 0 Å². The Labute approximate surface area is 366 Å². The maximum Gasteiger partial charge on any atom is 0.128 e. The number of nitrogens with zero attached hydrogens (tertiary/aromatic N) is 2. The molecule has 0 aliphatic carbocycles. The van der Waals surface area contributed by atoms with Crippen LogP contribution in [0.2, 0.25) is 0 Å². The largest absolute Gasteiger partial charge is 0.507 e. The Kier molecular flexibility index (Phi) is 13.1. The standard InChI is InChI=1S/C54H60N2O2.Zn/c1-51(2,3)37-31-41(49(57)43(33-37)53(7,8)9)47(35-23-15-13-16-24-35)55-45-29-21-19-27-39(45)40-28-20-22-30-46(40)56-48(36-25-17-14-18-26-36)42-32-38(52(4,5)6)34-44(50(42)58)54(10,11)12;/h13-34,57-58H,1-12H3;. The normalized spacial score (nSPS) is 12.9. The fourth-order valence-corrected chi connectivity index (χ4v) is 7.23. The average molecular weight is 834 g/mol. The van der Waals surface area contributed by atoms with E-state index in [9.17, 15) is 10.2 Å². The molecule has 2 N–H and O–H groups in total. The predicted molar refractivity (Wildman–Crippen MR) is 246 cm³/mol. The molecule has 0 fully saturated rings. The second-order valence-electron chi connectivity index (χ2n) is 19.5. The van der Waals surface area contributed by atoms with Gasteiger partial charge >= 0.3 is 0 Å². The number of phenols is 2. The van der Waals surface area contributed by atoms with E-state index < -0.39 is 0 Å². The Morgan fingerprint density at radius 3 is 1.00 bits per heavy atom. The second-order valence-corrected chi connectivity index (χ2v) is 19.5. The summed E-state index contributed by atoms with van der Waals surface area (Å²) in [5, 5.41) is 24.2. The third-order valence-electron chi connectivity index (χ3n) is 10.7. The molecule has 0 unspecified atom stereocenters. The van der Waals surface area contributed by atoms with Crippen LogP contribution in [0.3, 0.4) is 0 Å². The maximum atomic E-state index is 12.1. The van der Waals surface area contributed by atoms with Crippen molar-refractivity contribution in [2.75, 3.05) is 0 Å². The van der Waals surface area contributed by atoms with Gasteiger partial charge in [-0.1, -0.05) is 192 Å². The van der Waals surface area contributed by atoms with Gasteiger partial charge in [-0.25, -0.2) is 9.98 Å². The van der Waals surface area contributed by atoms with Crippen molar-refractivity contribution >= 4 is 22.8 Å². The molecule has 0 spiro atoms. The van der Waals surface area contributed by atoms with Crippen LogP contribution in [0.15, 0.2) is 143 Å². The molecule has 0 aliphatic rings.